The summed E-state index contributed by atoms with van der Waals surface area (Å²) in [5.41, 5.74) is -1.90. The van der Waals surface area contributed by atoms with Crippen LogP contribution in [0.2, 0.25) is 0 Å². The van der Waals surface area contributed by atoms with Crippen LogP contribution in [0.1, 0.15) is 76.5 Å². The van der Waals surface area contributed by atoms with Gasteiger partial charge in [-0.1, -0.05) is 13.3 Å². The Bertz CT molecular complexity index is 1200. The van der Waals surface area contributed by atoms with Crippen LogP contribution in [0, 0.1) is 11.8 Å². The number of hydrogen-bond acceptors (Lipinski definition) is 4. The molecule has 1 N–H and O–H groups in total. The van der Waals surface area contributed by atoms with Crippen LogP contribution in [0.25, 0.3) is 0 Å². The van der Waals surface area contributed by atoms with Crippen LogP contribution in [0.15, 0.2) is 34.8 Å². The number of ether oxygens (including phenoxy) is 1. The molecule has 2 aliphatic rings. The highest BCUT2D eigenvalue weighted by Gasteiger charge is 2.37. The Labute approximate surface area is 254 Å². The number of alkyl halides is 6. The van der Waals surface area contributed by atoms with Crippen molar-refractivity contribution >= 4 is 17.8 Å². The van der Waals surface area contributed by atoms with Gasteiger partial charge in [0.25, 0.3) is 0 Å². The van der Waals surface area contributed by atoms with Crippen LogP contribution in [0.3, 0.4) is 0 Å². The zero-order valence-electron chi connectivity index (χ0n) is 25.9. The van der Waals surface area contributed by atoms with E-state index in [9.17, 15) is 35.9 Å². The van der Waals surface area contributed by atoms with E-state index in [0.717, 1.165) is 24.1 Å². The van der Waals surface area contributed by atoms with Crippen molar-refractivity contribution in [2.45, 2.75) is 84.3 Å². The molecule has 0 bridgehead atoms. The average Bonchev–Trinajstić information content (AvgIpc) is 2.92. The third kappa shape index (κ3) is 10.2. The highest BCUT2D eigenvalue weighted by molar-refractivity contribution is 5.97. The molecule has 0 saturated carbocycles. The third-order valence-electron chi connectivity index (χ3n) is 7.86. The molecule has 1 atom stereocenters. The molecule has 1 aromatic rings. The number of nitrogens with one attached hydrogen (secondary N) is 1. The third-order valence-corrected chi connectivity index (χ3v) is 7.86. The summed E-state index contributed by atoms with van der Waals surface area (Å²) in [7, 11) is 1.70. The molecule has 3 amide bonds. The van der Waals surface area contributed by atoms with Gasteiger partial charge in [0.2, 0.25) is 0 Å². The van der Waals surface area contributed by atoms with E-state index in [2.05, 4.69) is 17.2 Å². The van der Waals surface area contributed by atoms with Crippen LogP contribution in [0.4, 0.5) is 35.9 Å². The molecule has 2 heterocycles. The summed E-state index contributed by atoms with van der Waals surface area (Å²) in [5.74, 6) is 0.233. The van der Waals surface area contributed by atoms with Gasteiger partial charge in [-0.3, -0.25) is 4.99 Å². The Balaban J connectivity index is 1.71. The number of urea groups is 1. The number of amides is 3. The van der Waals surface area contributed by atoms with Crippen molar-refractivity contribution < 1.29 is 40.7 Å². The quantitative estimate of drug-likeness (QED) is 0.273. The standard InChI is InChI=1S/C31H42F6N4O3/c1-20-8-6-7-11-41(27(42)39-18-21-14-24(30(32,33)34)17-25(15-21)31(35,36)37)19-23(20)16-26(38-5)22-9-12-40(13-10-22)28(43)44-29(2,3)4/h14-17,20,22H,6-13,18-19H2,1-5H3,(H,39,42). The molecule has 1 unspecified atom stereocenters. The maximum absolute atomic E-state index is 13.3. The molecular formula is C31H42F6N4O3. The Hall–Kier alpha value is -3.25. The molecule has 0 aromatic heterocycles. The Morgan fingerprint density at radius 2 is 1.52 bits per heavy atom. The van der Waals surface area contributed by atoms with Crippen LogP contribution in [-0.2, 0) is 23.6 Å². The number of hydrogen-bond donors (Lipinski definition) is 1. The van der Waals surface area contributed by atoms with Gasteiger partial charge in [0.15, 0.2) is 0 Å². The molecule has 0 radical (unpaired) electrons. The molecule has 44 heavy (non-hydrogen) atoms. The van der Waals surface area contributed by atoms with Gasteiger partial charge in [-0.2, -0.15) is 26.3 Å². The number of allylic oxidation sites excluding steroid dienone is 1. The fourth-order valence-corrected chi connectivity index (χ4v) is 5.41. The first-order valence-corrected chi connectivity index (χ1v) is 14.8. The second-order valence-electron chi connectivity index (χ2n) is 12.5. The molecule has 3 rings (SSSR count). The second-order valence-corrected chi connectivity index (χ2v) is 12.5. The lowest BCUT2D eigenvalue weighted by Crippen LogP contribution is -2.43. The van der Waals surface area contributed by atoms with Gasteiger partial charge in [0, 0.05) is 51.4 Å². The van der Waals surface area contributed by atoms with Gasteiger partial charge < -0.3 is 19.9 Å². The highest BCUT2D eigenvalue weighted by Crippen LogP contribution is 2.36. The smallest absolute Gasteiger partial charge is 0.416 e. The minimum absolute atomic E-state index is 0.0658. The molecule has 2 fully saturated rings. The first-order chi connectivity index (χ1) is 20.4. The van der Waals surface area contributed by atoms with Gasteiger partial charge in [-0.15, -0.1) is 0 Å². The number of piperidine rings is 1. The van der Waals surface area contributed by atoms with E-state index in [-0.39, 0.29) is 36.1 Å². The van der Waals surface area contributed by atoms with Gasteiger partial charge in [0.05, 0.1) is 11.1 Å². The molecule has 246 valence electrons. The number of rotatable bonds is 4. The Morgan fingerprint density at radius 3 is 2.05 bits per heavy atom. The average molecular weight is 633 g/mol. The van der Waals surface area contributed by atoms with E-state index in [1.807, 2.05) is 26.8 Å². The lowest BCUT2D eigenvalue weighted by molar-refractivity contribution is -0.143. The number of aliphatic imine (C=N–C) groups is 1. The zero-order valence-corrected chi connectivity index (χ0v) is 25.9. The minimum atomic E-state index is -4.97. The number of halogens is 6. The summed E-state index contributed by atoms with van der Waals surface area (Å²) < 4.78 is 85.1. The molecule has 1 aromatic carbocycles. The maximum Gasteiger partial charge on any atom is 0.416 e. The summed E-state index contributed by atoms with van der Waals surface area (Å²) in [5, 5.41) is 2.52. The van der Waals surface area contributed by atoms with Crippen molar-refractivity contribution in [1.82, 2.24) is 15.1 Å². The van der Waals surface area contributed by atoms with E-state index in [4.69, 9.17) is 4.74 Å². The van der Waals surface area contributed by atoms with E-state index >= 15 is 0 Å². The van der Waals surface area contributed by atoms with Gasteiger partial charge in [0.1, 0.15) is 5.60 Å². The van der Waals surface area contributed by atoms with E-state index < -0.39 is 41.7 Å². The van der Waals surface area contributed by atoms with Crippen molar-refractivity contribution in [2.75, 3.05) is 33.2 Å². The van der Waals surface area contributed by atoms with Crippen LogP contribution in [-0.4, -0.2) is 66.5 Å². The summed E-state index contributed by atoms with van der Waals surface area (Å²) >= 11 is 0. The largest absolute Gasteiger partial charge is 0.444 e. The van der Waals surface area contributed by atoms with Gasteiger partial charge in [-0.05, 0) is 87.8 Å². The van der Waals surface area contributed by atoms with E-state index in [1.165, 1.54) is 4.90 Å². The van der Waals surface area contributed by atoms with Crippen molar-refractivity contribution in [3.63, 3.8) is 0 Å². The molecule has 0 spiro atoms. The predicted molar refractivity (Wildman–Crippen MR) is 155 cm³/mol. The first-order valence-electron chi connectivity index (χ1n) is 14.8. The normalized spacial score (nSPS) is 20.8. The number of benzene rings is 1. The second kappa shape index (κ2) is 14.2. The van der Waals surface area contributed by atoms with Crippen molar-refractivity contribution in [1.29, 1.82) is 0 Å². The van der Waals surface area contributed by atoms with Gasteiger partial charge in [-0.25, -0.2) is 9.59 Å². The van der Waals surface area contributed by atoms with Crippen LogP contribution in [0.5, 0.6) is 0 Å². The minimum Gasteiger partial charge on any atom is -0.444 e. The zero-order chi connectivity index (χ0) is 32.9. The monoisotopic (exact) mass is 632 g/mol. The maximum atomic E-state index is 13.3. The lowest BCUT2D eigenvalue weighted by atomic mass is 9.87. The Kier molecular flexibility index (Phi) is 11.4. The molecule has 0 aliphatic carbocycles. The topological polar surface area (TPSA) is 74.2 Å². The fraction of sp³-hybridized carbons (Fsp3) is 0.645. The van der Waals surface area contributed by atoms with E-state index in [1.54, 1.807) is 11.9 Å². The molecule has 13 heteroatoms. The van der Waals surface area contributed by atoms with Crippen molar-refractivity contribution in [3.05, 3.63) is 46.5 Å². The fourth-order valence-electron chi connectivity index (χ4n) is 5.41. The molecule has 2 saturated heterocycles. The summed E-state index contributed by atoms with van der Waals surface area (Å²) in [6.45, 7) is 8.72. The van der Waals surface area contributed by atoms with Crippen LogP contribution < -0.4 is 5.32 Å². The molecule has 2 aliphatic heterocycles. The highest BCUT2D eigenvalue weighted by atomic mass is 19.4. The first kappa shape index (κ1) is 35.2. The van der Waals surface area contributed by atoms with Gasteiger partial charge >= 0.3 is 24.5 Å². The predicted octanol–water partition coefficient (Wildman–Crippen LogP) is 7.70. The number of nitrogens with zero attached hydrogens (tertiary/aromatic N) is 3. The summed E-state index contributed by atoms with van der Waals surface area (Å²) in [4.78, 5) is 33.4. The Morgan fingerprint density at radius 1 is 0.932 bits per heavy atom. The SMILES string of the molecule is CN=C(C=C1CN(C(=O)NCc2cc(C(F)(F)F)cc(C(F)(F)F)c2)CCCCC1C)C1CCN(C(=O)OC(C)(C)C)CC1. The van der Waals surface area contributed by atoms with E-state index in [0.29, 0.717) is 51.0 Å². The van der Waals surface area contributed by atoms with Crippen molar-refractivity contribution in [3.8, 4) is 0 Å². The number of carbonyl (C=O) groups is 2. The lowest BCUT2D eigenvalue weighted by Gasteiger charge is -2.34. The summed E-state index contributed by atoms with van der Waals surface area (Å²) in [6.07, 6.45) is -4.42. The number of likely N-dealkylation sites (tertiary alicyclic amines) is 2. The number of carbonyl (C=O) groups excluding carboxylic acids is 2. The molecular weight excluding hydrogens is 590 g/mol. The van der Waals surface area contributed by atoms with Crippen LogP contribution >= 0.6 is 0 Å². The van der Waals surface area contributed by atoms with Crippen molar-refractivity contribution in [2.24, 2.45) is 16.8 Å². The summed E-state index contributed by atoms with van der Waals surface area (Å²) in [6, 6.07) is 0.732. The molecule has 7 nitrogen and oxygen atoms in total.